The van der Waals surface area contributed by atoms with E-state index >= 15 is 0 Å². The van der Waals surface area contributed by atoms with Gasteiger partial charge in [0.25, 0.3) is 5.56 Å². The number of H-pyrrole nitrogens is 1. The second-order valence-electron chi connectivity index (χ2n) is 5.83. The van der Waals surface area contributed by atoms with Gasteiger partial charge >= 0.3 is 0 Å². The van der Waals surface area contributed by atoms with Crippen molar-refractivity contribution < 1.29 is 0 Å². The Morgan fingerprint density at radius 2 is 2.12 bits per heavy atom. The maximum atomic E-state index is 12.9. The third-order valence-corrected chi connectivity index (χ3v) is 3.90. The molecule has 3 aromatic heterocycles. The molecule has 0 saturated carbocycles. The van der Waals surface area contributed by atoms with Gasteiger partial charge in [-0.05, 0) is 20.8 Å². The third kappa shape index (κ3) is 2.27. The summed E-state index contributed by atoms with van der Waals surface area (Å²) in [5.74, 6) is 2.16. The zero-order valence-electron chi connectivity index (χ0n) is 13.6. The van der Waals surface area contributed by atoms with Crippen LogP contribution >= 0.6 is 0 Å². The number of hydrogen-bond acceptors (Lipinski definition) is 4. The fourth-order valence-electron chi connectivity index (χ4n) is 2.55. The van der Waals surface area contributed by atoms with E-state index in [-0.39, 0.29) is 17.2 Å². The van der Waals surface area contributed by atoms with Crippen molar-refractivity contribution in [3.05, 3.63) is 40.1 Å². The molecule has 1 atom stereocenters. The molecule has 0 saturated heterocycles. The summed E-state index contributed by atoms with van der Waals surface area (Å²) in [5, 5.41) is 16.3. The normalized spacial score (nSPS) is 12.2. The van der Waals surface area contributed by atoms with Gasteiger partial charge in [-0.3, -0.25) is 14.6 Å². The summed E-state index contributed by atoms with van der Waals surface area (Å²) in [5.41, 5.74) is 1.84. The van der Waals surface area contributed by atoms with E-state index in [9.17, 15) is 10.1 Å². The molecule has 0 bridgehead atoms. The van der Waals surface area contributed by atoms with Crippen LogP contribution in [0.3, 0.4) is 0 Å². The van der Waals surface area contributed by atoms with E-state index in [1.54, 1.807) is 17.8 Å². The number of aromatic amines is 1. The third-order valence-electron chi connectivity index (χ3n) is 3.90. The van der Waals surface area contributed by atoms with Crippen molar-refractivity contribution in [3.8, 4) is 29.7 Å². The number of rotatable bonds is 3. The number of nitrogens with one attached hydrogen (secondary N) is 1. The van der Waals surface area contributed by atoms with Crippen molar-refractivity contribution in [2.24, 2.45) is 0 Å². The van der Waals surface area contributed by atoms with E-state index < -0.39 is 5.92 Å². The Balaban J connectivity index is 2.37. The average Bonchev–Trinajstić information content (AvgIpc) is 3.20. The lowest BCUT2D eigenvalue weighted by Crippen LogP contribution is -2.23. The Hall–Kier alpha value is -3.32. The van der Waals surface area contributed by atoms with E-state index in [1.807, 2.05) is 26.1 Å². The predicted molar refractivity (Wildman–Crippen MR) is 89.4 cm³/mol. The Kier molecular flexibility index (Phi) is 3.70. The summed E-state index contributed by atoms with van der Waals surface area (Å²) >= 11 is 0. The van der Waals surface area contributed by atoms with Crippen LogP contribution in [-0.2, 0) is 0 Å². The number of fused-ring (bicyclic) bond motifs is 1. The second-order valence-corrected chi connectivity index (χ2v) is 5.83. The topological polar surface area (TPSA) is 91.8 Å². The van der Waals surface area contributed by atoms with Gasteiger partial charge in [0.15, 0.2) is 5.65 Å². The Morgan fingerprint density at radius 1 is 1.38 bits per heavy atom. The molecule has 3 rings (SSSR count). The second kappa shape index (κ2) is 5.71. The number of nitriles is 1. The molecule has 120 valence electrons. The quantitative estimate of drug-likeness (QED) is 0.748. The number of nitrogens with zero attached hydrogens (tertiary/aromatic N) is 5. The lowest BCUT2D eigenvalue weighted by molar-refractivity contribution is 0.532. The van der Waals surface area contributed by atoms with Crippen LogP contribution in [0, 0.1) is 23.7 Å². The summed E-state index contributed by atoms with van der Waals surface area (Å²) in [6.07, 6.45) is 10.5. The molecule has 24 heavy (non-hydrogen) atoms. The average molecular weight is 320 g/mol. The molecule has 0 amide bonds. The first-order valence-electron chi connectivity index (χ1n) is 7.52. The molecule has 1 N–H and O–H groups in total. The van der Waals surface area contributed by atoms with Gasteiger partial charge in [0, 0.05) is 29.9 Å². The highest BCUT2D eigenvalue weighted by atomic mass is 16.1. The molecular weight excluding hydrogens is 304 g/mol. The van der Waals surface area contributed by atoms with Gasteiger partial charge in [0.1, 0.15) is 11.6 Å². The summed E-state index contributed by atoms with van der Waals surface area (Å²) in [6.45, 7) is 5.79. The summed E-state index contributed by atoms with van der Waals surface area (Å²) in [4.78, 5) is 17.4. The number of terminal acetylenes is 1. The van der Waals surface area contributed by atoms with Gasteiger partial charge in [-0.1, -0.05) is 5.92 Å². The van der Waals surface area contributed by atoms with E-state index in [0.29, 0.717) is 22.4 Å². The Morgan fingerprint density at radius 3 is 2.71 bits per heavy atom. The summed E-state index contributed by atoms with van der Waals surface area (Å²) in [7, 11) is 0. The molecule has 0 aliphatic carbocycles. The Bertz CT molecular complexity index is 1050. The molecule has 0 aromatic carbocycles. The lowest BCUT2D eigenvalue weighted by atomic mass is 9.99. The van der Waals surface area contributed by atoms with E-state index in [1.165, 1.54) is 10.7 Å². The highest BCUT2D eigenvalue weighted by Crippen LogP contribution is 2.26. The minimum atomic E-state index is -0.423. The van der Waals surface area contributed by atoms with Gasteiger partial charge in [-0.2, -0.15) is 14.9 Å². The van der Waals surface area contributed by atoms with Crippen molar-refractivity contribution in [2.45, 2.75) is 32.7 Å². The molecule has 0 radical (unpaired) electrons. The van der Waals surface area contributed by atoms with E-state index in [2.05, 4.69) is 21.1 Å². The zero-order valence-corrected chi connectivity index (χ0v) is 13.6. The first-order valence-corrected chi connectivity index (χ1v) is 7.52. The van der Waals surface area contributed by atoms with Gasteiger partial charge in [0.2, 0.25) is 0 Å². The van der Waals surface area contributed by atoms with Crippen molar-refractivity contribution in [3.63, 3.8) is 0 Å². The molecule has 3 heterocycles. The van der Waals surface area contributed by atoms with Gasteiger partial charge < -0.3 is 0 Å². The maximum Gasteiger partial charge on any atom is 0.277 e. The molecule has 7 nitrogen and oxygen atoms in total. The first-order chi connectivity index (χ1) is 11.5. The molecule has 0 fully saturated rings. The standard InChI is InChI=1S/C17H16N6O/c1-5-11(4)14-15(13-8-19-22(9-13)10(2)3)21-16-12(6-18)7-20-23(16)17(14)24/h1,7-11,20H,2-4H3. The van der Waals surface area contributed by atoms with Gasteiger partial charge in [-0.15, -0.1) is 6.42 Å². The first kappa shape index (κ1) is 15.6. The van der Waals surface area contributed by atoms with Gasteiger partial charge in [-0.25, -0.2) is 4.98 Å². The van der Waals surface area contributed by atoms with Crippen molar-refractivity contribution in [1.82, 2.24) is 24.4 Å². The number of aromatic nitrogens is 5. The minimum Gasteiger partial charge on any atom is -0.295 e. The fourth-order valence-corrected chi connectivity index (χ4v) is 2.55. The predicted octanol–water partition coefficient (Wildman–Crippen LogP) is 2.08. The van der Waals surface area contributed by atoms with E-state index in [0.717, 1.165) is 0 Å². The van der Waals surface area contributed by atoms with Crippen LogP contribution in [0.2, 0.25) is 0 Å². The van der Waals surface area contributed by atoms with Crippen LogP contribution in [0.4, 0.5) is 0 Å². The minimum absolute atomic E-state index is 0.180. The SMILES string of the molecule is C#CC(C)c1c(-c2cnn(C(C)C)c2)nc2c(C#N)c[nH]n2c1=O. The van der Waals surface area contributed by atoms with Crippen LogP contribution in [0.15, 0.2) is 23.4 Å². The largest absolute Gasteiger partial charge is 0.295 e. The number of hydrogen-bond donors (Lipinski definition) is 1. The van der Waals surface area contributed by atoms with Crippen LogP contribution in [0.5, 0.6) is 0 Å². The molecule has 0 aliphatic heterocycles. The molecule has 3 aromatic rings. The Labute approximate surface area is 138 Å². The van der Waals surface area contributed by atoms with Crippen molar-refractivity contribution >= 4 is 5.65 Å². The van der Waals surface area contributed by atoms with Crippen LogP contribution in [-0.4, -0.2) is 24.4 Å². The van der Waals surface area contributed by atoms with E-state index in [4.69, 9.17) is 6.42 Å². The monoisotopic (exact) mass is 320 g/mol. The molecular formula is C17H16N6O. The molecule has 0 aliphatic rings. The maximum absolute atomic E-state index is 12.9. The van der Waals surface area contributed by atoms with Crippen LogP contribution < -0.4 is 5.56 Å². The fraction of sp³-hybridized carbons (Fsp3) is 0.294. The summed E-state index contributed by atoms with van der Waals surface area (Å²) in [6, 6.07) is 2.21. The van der Waals surface area contributed by atoms with Gasteiger partial charge in [0.05, 0.1) is 17.5 Å². The van der Waals surface area contributed by atoms with Crippen LogP contribution in [0.1, 0.15) is 43.9 Å². The van der Waals surface area contributed by atoms with Crippen molar-refractivity contribution in [2.75, 3.05) is 0 Å². The zero-order chi connectivity index (χ0) is 17.4. The highest BCUT2D eigenvalue weighted by molar-refractivity contribution is 5.67. The molecule has 0 spiro atoms. The van der Waals surface area contributed by atoms with Crippen LogP contribution in [0.25, 0.3) is 16.9 Å². The molecule has 7 heteroatoms. The smallest absolute Gasteiger partial charge is 0.277 e. The molecule has 1 unspecified atom stereocenters. The highest BCUT2D eigenvalue weighted by Gasteiger charge is 2.22. The summed E-state index contributed by atoms with van der Waals surface area (Å²) < 4.78 is 3.03. The van der Waals surface area contributed by atoms with Crippen molar-refractivity contribution in [1.29, 1.82) is 5.26 Å². The lowest BCUT2D eigenvalue weighted by Gasteiger charge is -2.10.